The van der Waals surface area contributed by atoms with Crippen LogP contribution in [0.15, 0.2) is 17.2 Å². The van der Waals surface area contributed by atoms with Gasteiger partial charge in [0.25, 0.3) is 0 Å². The van der Waals surface area contributed by atoms with Crippen molar-refractivity contribution in [2.45, 2.75) is 46.5 Å². The number of amides is 1. The Balaban J connectivity index is 2.28. The lowest BCUT2D eigenvalue weighted by Gasteiger charge is -2.29. The molecule has 0 aliphatic heterocycles. The summed E-state index contributed by atoms with van der Waals surface area (Å²) in [5.74, 6) is -3.25. The summed E-state index contributed by atoms with van der Waals surface area (Å²) in [6, 6.07) is 1.74. The van der Waals surface area contributed by atoms with Crippen LogP contribution in [-0.2, 0) is 20.7 Å². The number of esters is 1. The maximum absolute atomic E-state index is 12.8. The van der Waals surface area contributed by atoms with Gasteiger partial charge in [0.2, 0.25) is 5.91 Å². The van der Waals surface area contributed by atoms with Crippen LogP contribution in [0.25, 0.3) is 0 Å². The number of methoxy groups -OCH3 is 1. The number of anilines is 1. The first-order valence-corrected chi connectivity index (χ1v) is 9.50. The Morgan fingerprint density at radius 3 is 2.38 bits per heavy atom. The van der Waals surface area contributed by atoms with Gasteiger partial charge in [0.1, 0.15) is 5.00 Å². The van der Waals surface area contributed by atoms with Gasteiger partial charge in [-0.15, -0.1) is 11.3 Å². The molecule has 142 valence electrons. The van der Waals surface area contributed by atoms with E-state index in [2.05, 4.69) is 5.32 Å². The molecule has 6 nitrogen and oxygen atoms in total. The van der Waals surface area contributed by atoms with Crippen molar-refractivity contribution in [3.8, 4) is 0 Å². The molecular weight excluding hydrogens is 354 g/mol. The molecule has 1 aromatic rings. The van der Waals surface area contributed by atoms with Crippen LogP contribution in [0.1, 0.15) is 55.3 Å². The van der Waals surface area contributed by atoms with Crippen LogP contribution >= 0.6 is 11.3 Å². The third-order valence-corrected chi connectivity index (χ3v) is 5.95. The molecule has 1 aliphatic rings. The minimum absolute atomic E-state index is 0.320. The Kier molecular flexibility index (Phi) is 6.58. The van der Waals surface area contributed by atoms with E-state index in [0.29, 0.717) is 23.4 Å². The van der Waals surface area contributed by atoms with Crippen molar-refractivity contribution in [3.63, 3.8) is 0 Å². The van der Waals surface area contributed by atoms with Crippen molar-refractivity contribution in [2.75, 3.05) is 12.4 Å². The number of aliphatic carboxylic acids is 1. The molecule has 0 radical (unpaired) electrons. The number of hydrogen-bond donors (Lipinski definition) is 2. The van der Waals surface area contributed by atoms with E-state index in [1.165, 1.54) is 18.4 Å². The summed E-state index contributed by atoms with van der Waals surface area (Å²) in [6.07, 6.45) is 2.50. The van der Waals surface area contributed by atoms with Gasteiger partial charge in [-0.05, 0) is 39.2 Å². The Morgan fingerprint density at radius 2 is 1.85 bits per heavy atom. The largest absolute Gasteiger partial charge is 0.481 e. The average molecular weight is 379 g/mol. The molecule has 0 spiro atoms. The molecule has 1 amide bonds. The van der Waals surface area contributed by atoms with Gasteiger partial charge in [-0.25, -0.2) is 4.79 Å². The lowest BCUT2D eigenvalue weighted by molar-refractivity contribution is -0.146. The van der Waals surface area contributed by atoms with Gasteiger partial charge in [0, 0.05) is 4.88 Å². The normalized spacial score (nSPS) is 20.0. The summed E-state index contributed by atoms with van der Waals surface area (Å²) >= 11 is 1.34. The fourth-order valence-electron chi connectivity index (χ4n) is 3.20. The minimum atomic E-state index is -0.969. The van der Waals surface area contributed by atoms with Crippen molar-refractivity contribution in [3.05, 3.63) is 27.7 Å². The molecule has 0 fully saturated rings. The Morgan fingerprint density at radius 1 is 1.23 bits per heavy atom. The van der Waals surface area contributed by atoms with Crippen LogP contribution in [0.4, 0.5) is 5.00 Å². The molecule has 2 atom stereocenters. The smallest absolute Gasteiger partial charge is 0.340 e. The number of thiophene rings is 1. The maximum Gasteiger partial charge on any atom is 0.340 e. The molecule has 2 N–H and O–H groups in total. The zero-order valence-corrected chi connectivity index (χ0v) is 16.4. The molecule has 0 saturated carbocycles. The average Bonchev–Trinajstić information content (AvgIpc) is 2.98. The minimum Gasteiger partial charge on any atom is -0.481 e. The molecule has 0 aromatic carbocycles. The van der Waals surface area contributed by atoms with Gasteiger partial charge in [-0.2, -0.15) is 0 Å². The van der Waals surface area contributed by atoms with Crippen molar-refractivity contribution in [1.82, 2.24) is 0 Å². The van der Waals surface area contributed by atoms with Gasteiger partial charge < -0.3 is 15.2 Å². The van der Waals surface area contributed by atoms with Gasteiger partial charge in [-0.3, -0.25) is 9.59 Å². The standard InChI is InChI=1S/C19H25NO5S/c1-5-6-12-9-15(19(24)25-4)17(26-12)20-16(21)13-7-10(2)11(3)8-14(13)18(22)23/h9,13-14H,5-8H2,1-4H3,(H,20,21)(H,22,23)/t13-,14+/m0/s1. The topological polar surface area (TPSA) is 92.7 Å². The molecule has 1 aliphatic carbocycles. The molecule has 2 rings (SSSR count). The van der Waals surface area contributed by atoms with E-state index in [-0.39, 0.29) is 5.91 Å². The van der Waals surface area contributed by atoms with Gasteiger partial charge in [-0.1, -0.05) is 24.5 Å². The number of carbonyl (C=O) groups is 3. The number of rotatable bonds is 6. The van der Waals surface area contributed by atoms with Crippen LogP contribution in [-0.4, -0.2) is 30.1 Å². The second kappa shape index (κ2) is 8.49. The fourth-order valence-corrected chi connectivity index (χ4v) is 4.35. The van der Waals surface area contributed by atoms with E-state index in [1.807, 2.05) is 20.8 Å². The third-order valence-electron chi connectivity index (χ3n) is 4.84. The van der Waals surface area contributed by atoms with Crippen LogP contribution in [0, 0.1) is 11.8 Å². The second-order valence-corrected chi connectivity index (χ2v) is 7.84. The fraction of sp³-hybridized carbons (Fsp3) is 0.526. The first kappa shape index (κ1) is 20.2. The Hall–Kier alpha value is -2.15. The predicted molar refractivity (Wildman–Crippen MR) is 101 cm³/mol. The number of carbonyl (C=O) groups excluding carboxylic acids is 2. The van der Waals surface area contributed by atoms with E-state index in [4.69, 9.17) is 4.74 Å². The molecule has 0 unspecified atom stereocenters. The van der Waals surface area contributed by atoms with Crippen LogP contribution in [0.2, 0.25) is 0 Å². The lowest BCUT2D eigenvalue weighted by atomic mass is 9.76. The zero-order chi connectivity index (χ0) is 19.4. The van der Waals surface area contributed by atoms with Gasteiger partial charge in [0.15, 0.2) is 0 Å². The second-order valence-electron chi connectivity index (χ2n) is 6.71. The first-order valence-electron chi connectivity index (χ1n) is 8.68. The molecule has 1 heterocycles. The third kappa shape index (κ3) is 4.33. The van der Waals surface area contributed by atoms with Crippen molar-refractivity contribution >= 4 is 34.2 Å². The highest BCUT2D eigenvalue weighted by Gasteiger charge is 2.37. The van der Waals surface area contributed by atoms with Crippen molar-refractivity contribution in [1.29, 1.82) is 0 Å². The Bertz CT molecular complexity index is 749. The van der Waals surface area contributed by atoms with E-state index in [1.54, 1.807) is 6.07 Å². The highest BCUT2D eigenvalue weighted by molar-refractivity contribution is 7.16. The van der Waals surface area contributed by atoms with Crippen LogP contribution in [0.3, 0.4) is 0 Å². The summed E-state index contributed by atoms with van der Waals surface area (Å²) < 4.78 is 4.80. The van der Waals surface area contributed by atoms with Gasteiger partial charge in [0.05, 0.1) is 24.5 Å². The summed E-state index contributed by atoms with van der Waals surface area (Å²) in [5.41, 5.74) is 2.40. The highest BCUT2D eigenvalue weighted by Crippen LogP contribution is 2.36. The predicted octanol–water partition coefficient (Wildman–Crippen LogP) is 3.87. The number of aryl methyl sites for hydroxylation is 1. The van der Waals surface area contributed by atoms with E-state index in [0.717, 1.165) is 28.9 Å². The molecular formula is C19H25NO5S. The number of allylic oxidation sites excluding steroid dienone is 2. The van der Waals surface area contributed by atoms with Gasteiger partial charge >= 0.3 is 11.9 Å². The summed E-state index contributed by atoms with van der Waals surface area (Å²) in [5, 5.41) is 12.7. The lowest BCUT2D eigenvalue weighted by Crippen LogP contribution is -2.36. The quantitative estimate of drug-likeness (QED) is 0.578. The maximum atomic E-state index is 12.8. The number of ether oxygens (including phenoxy) is 1. The molecule has 7 heteroatoms. The first-order chi connectivity index (χ1) is 12.3. The molecule has 1 aromatic heterocycles. The number of nitrogens with one attached hydrogen (secondary N) is 1. The summed E-state index contributed by atoms with van der Waals surface area (Å²) in [4.78, 5) is 37.4. The highest BCUT2D eigenvalue weighted by atomic mass is 32.1. The number of hydrogen-bond acceptors (Lipinski definition) is 5. The van der Waals surface area contributed by atoms with E-state index < -0.39 is 23.8 Å². The van der Waals surface area contributed by atoms with Crippen molar-refractivity contribution in [2.24, 2.45) is 11.8 Å². The number of carboxylic acid groups (broad SMARTS) is 1. The van der Waals surface area contributed by atoms with Crippen LogP contribution < -0.4 is 5.32 Å². The molecule has 26 heavy (non-hydrogen) atoms. The van der Waals surface area contributed by atoms with E-state index in [9.17, 15) is 19.5 Å². The van der Waals surface area contributed by atoms with E-state index >= 15 is 0 Å². The summed E-state index contributed by atoms with van der Waals surface area (Å²) in [6.45, 7) is 5.87. The zero-order valence-electron chi connectivity index (χ0n) is 15.5. The van der Waals surface area contributed by atoms with Crippen LogP contribution in [0.5, 0.6) is 0 Å². The molecule has 0 bridgehead atoms. The number of carboxylic acids is 1. The Labute approximate surface area is 157 Å². The monoisotopic (exact) mass is 379 g/mol. The SMILES string of the molecule is CCCc1cc(C(=O)OC)c(NC(=O)[C@H]2CC(C)=C(C)C[C@H]2C(=O)O)s1. The van der Waals surface area contributed by atoms with Crippen molar-refractivity contribution < 1.29 is 24.2 Å². The summed E-state index contributed by atoms with van der Waals surface area (Å²) in [7, 11) is 1.30. The molecule has 0 saturated heterocycles.